The molecule has 0 spiro atoms. The SMILES string of the molecule is Cc1cccc(Cl)c1NC(=O)CN1CCCCC1C.Cl. The molecule has 1 aromatic carbocycles. The maximum atomic E-state index is 12.1. The highest BCUT2D eigenvalue weighted by Gasteiger charge is 2.20. The minimum Gasteiger partial charge on any atom is -0.323 e. The number of nitrogens with zero attached hydrogens (tertiary/aromatic N) is 1. The van der Waals surface area contributed by atoms with E-state index in [0.717, 1.165) is 17.8 Å². The monoisotopic (exact) mass is 316 g/mol. The number of piperidine rings is 1. The molecule has 0 aliphatic carbocycles. The van der Waals surface area contributed by atoms with E-state index < -0.39 is 0 Å². The topological polar surface area (TPSA) is 32.3 Å². The lowest BCUT2D eigenvalue weighted by molar-refractivity contribution is -0.118. The maximum absolute atomic E-state index is 12.1. The molecule has 0 aromatic heterocycles. The van der Waals surface area contributed by atoms with Gasteiger partial charge in [-0.2, -0.15) is 0 Å². The number of carbonyl (C=O) groups is 1. The van der Waals surface area contributed by atoms with Crippen LogP contribution in [0.1, 0.15) is 31.7 Å². The van der Waals surface area contributed by atoms with Gasteiger partial charge in [-0.15, -0.1) is 12.4 Å². The first-order valence-corrected chi connectivity index (χ1v) is 7.24. The lowest BCUT2D eigenvalue weighted by Gasteiger charge is -2.32. The zero-order chi connectivity index (χ0) is 13.8. The Balaban J connectivity index is 0.00000200. The first-order chi connectivity index (χ1) is 9.08. The van der Waals surface area contributed by atoms with E-state index in [1.165, 1.54) is 19.3 Å². The molecule has 0 saturated carbocycles. The largest absolute Gasteiger partial charge is 0.323 e. The van der Waals surface area contributed by atoms with Gasteiger partial charge in [-0.1, -0.05) is 30.2 Å². The van der Waals surface area contributed by atoms with Gasteiger partial charge >= 0.3 is 0 Å². The molecule has 1 aromatic rings. The molecule has 1 amide bonds. The summed E-state index contributed by atoms with van der Waals surface area (Å²) in [4.78, 5) is 14.4. The maximum Gasteiger partial charge on any atom is 0.238 e. The molecule has 1 atom stereocenters. The molecule has 112 valence electrons. The van der Waals surface area contributed by atoms with E-state index in [0.29, 0.717) is 17.6 Å². The summed E-state index contributed by atoms with van der Waals surface area (Å²) in [6.45, 7) is 5.60. The Bertz CT molecular complexity index is 445. The molecule has 1 aliphatic heterocycles. The van der Waals surface area contributed by atoms with Crippen LogP contribution in [0.2, 0.25) is 5.02 Å². The van der Waals surface area contributed by atoms with E-state index in [1.54, 1.807) is 6.07 Å². The van der Waals surface area contributed by atoms with Gasteiger partial charge < -0.3 is 5.32 Å². The number of anilines is 1. The Morgan fingerprint density at radius 1 is 1.45 bits per heavy atom. The second kappa shape index (κ2) is 7.87. The highest BCUT2D eigenvalue weighted by atomic mass is 35.5. The van der Waals surface area contributed by atoms with Crippen LogP contribution < -0.4 is 5.32 Å². The number of hydrogen-bond donors (Lipinski definition) is 1. The molecule has 0 bridgehead atoms. The first-order valence-electron chi connectivity index (χ1n) is 6.87. The number of hydrogen-bond acceptors (Lipinski definition) is 2. The van der Waals surface area contributed by atoms with Gasteiger partial charge in [0.25, 0.3) is 0 Å². The number of nitrogens with one attached hydrogen (secondary N) is 1. The molecule has 1 N–H and O–H groups in total. The van der Waals surface area contributed by atoms with Gasteiger partial charge in [0.15, 0.2) is 0 Å². The van der Waals surface area contributed by atoms with Gasteiger partial charge in [-0.25, -0.2) is 0 Å². The van der Waals surface area contributed by atoms with E-state index in [4.69, 9.17) is 11.6 Å². The van der Waals surface area contributed by atoms with Crippen LogP contribution in [-0.4, -0.2) is 29.9 Å². The predicted octanol–water partition coefficient (Wildman–Crippen LogP) is 3.88. The lowest BCUT2D eigenvalue weighted by Crippen LogP contribution is -2.42. The van der Waals surface area contributed by atoms with Crippen LogP contribution >= 0.6 is 24.0 Å². The van der Waals surface area contributed by atoms with Crippen molar-refractivity contribution in [3.05, 3.63) is 28.8 Å². The second-order valence-corrected chi connectivity index (χ2v) is 5.70. The molecule has 20 heavy (non-hydrogen) atoms. The summed E-state index contributed by atoms with van der Waals surface area (Å²) in [5.41, 5.74) is 1.73. The van der Waals surface area contributed by atoms with Crippen molar-refractivity contribution in [2.24, 2.45) is 0 Å². The van der Waals surface area contributed by atoms with Gasteiger partial charge in [0.2, 0.25) is 5.91 Å². The van der Waals surface area contributed by atoms with Crippen LogP contribution in [0, 0.1) is 6.92 Å². The average molecular weight is 317 g/mol. The summed E-state index contributed by atoms with van der Waals surface area (Å²) in [5.74, 6) is 0.0185. The number of carbonyl (C=O) groups excluding carboxylic acids is 1. The van der Waals surface area contributed by atoms with Crippen LogP contribution in [0.5, 0.6) is 0 Å². The first kappa shape index (κ1) is 17.3. The quantitative estimate of drug-likeness (QED) is 0.917. The molecule has 5 heteroatoms. The van der Waals surface area contributed by atoms with Gasteiger partial charge in [-0.3, -0.25) is 9.69 Å². The molecule has 2 rings (SSSR count). The number of rotatable bonds is 3. The number of amides is 1. The average Bonchev–Trinajstić information content (AvgIpc) is 2.37. The molecule has 1 unspecified atom stereocenters. The minimum atomic E-state index is 0. The molecule has 1 aliphatic rings. The summed E-state index contributed by atoms with van der Waals surface area (Å²) in [7, 11) is 0. The third kappa shape index (κ3) is 4.37. The van der Waals surface area contributed by atoms with Gasteiger partial charge in [0.1, 0.15) is 0 Å². The lowest BCUT2D eigenvalue weighted by atomic mass is 10.0. The molecule has 1 saturated heterocycles. The van der Waals surface area contributed by atoms with Gasteiger partial charge in [0.05, 0.1) is 17.3 Å². The van der Waals surface area contributed by atoms with Crippen molar-refractivity contribution < 1.29 is 4.79 Å². The Morgan fingerprint density at radius 3 is 2.85 bits per heavy atom. The molecular formula is C15H22Cl2N2O. The van der Waals surface area contributed by atoms with E-state index >= 15 is 0 Å². The summed E-state index contributed by atoms with van der Waals surface area (Å²) in [6.07, 6.45) is 3.63. The van der Waals surface area contributed by atoms with Crippen LogP contribution in [0.4, 0.5) is 5.69 Å². The van der Waals surface area contributed by atoms with Crippen molar-refractivity contribution in [3.63, 3.8) is 0 Å². The Hall–Kier alpha value is -0.770. The second-order valence-electron chi connectivity index (χ2n) is 5.30. The zero-order valence-electron chi connectivity index (χ0n) is 12.0. The normalized spacial score (nSPS) is 19.2. The van der Waals surface area contributed by atoms with Gasteiger partial charge in [-0.05, 0) is 44.9 Å². The molecule has 1 fully saturated rings. The molecule has 0 radical (unpaired) electrons. The van der Waals surface area contributed by atoms with Crippen LogP contribution in [0.15, 0.2) is 18.2 Å². The van der Waals surface area contributed by atoms with Crippen molar-refractivity contribution in [2.45, 2.75) is 39.2 Å². The molecule has 3 nitrogen and oxygen atoms in total. The smallest absolute Gasteiger partial charge is 0.238 e. The number of aryl methyl sites for hydroxylation is 1. The van der Waals surface area contributed by atoms with Gasteiger partial charge in [0, 0.05) is 6.04 Å². The summed E-state index contributed by atoms with van der Waals surface area (Å²) < 4.78 is 0. The van der Waals surface area contributed by atoms with Crippen molar-refractivity contribution in [1.82, 2.24) is 4.90 Å². The fraction of sp³-hybridized carbons (Fsp3) is 0.533. The van der Waals surface area contributed by atoms with Crippen molar-refractivity contribution in [1.29, 1.82) is 0 Å². The third-order valence-electron chi connectivity index (χ3n) is 3.77. The van der Waals surface area contributed by atoms with Crippen molar-refractivity contribution >= 4 is 35.6 Å². The zero-order valence-corrected chi connectivity index (χ0v) is 13.6. The number of likely N-dealkylation sites (tertiary alicyclic amines) is 1. The highest BCUT2D eigenvalue weighted by molar-refractivity contribution is 6.33. The fourth-order valence-electron chi connectivity index (χ4n) is 2.55. The molecule has 1 heterocycles. The van der Waals surface area contributed by atoms with Crippen molar-refractivity contribution in [2.75, 3.05) is 18.4 Å². The van der Waals surface area contributed by atoms with E-state index in [-0.39, 0.29) is 18.3 Å². The highest BCUT2D eigenvalue weighted by Crippen LogP contribution is 2.25. The summed E-state index contributed by atoms with van der Waals surface area (Å²) in [5, 5.41) is 3.53. The standard InChI is InChI=1S/C15H21ClN2O.ClH/c1-11-6-5-8-13(16)15(11)17-14(19)10-18-9-4-3-7-12(18)2;/h5-6,8,12H,3-4,7,9-10H2,1-2H3,(H,17,19);1H. The molecular weight excluding hydrogens is 295 g/mol. The Labute approximate surface area is 132 Å². The predicted molar refractivity (Wildman–Crippen MR) is 87.0 cm³/mol. The number of benzene rings is 1. The fourth-order valence-corrected chi connectivity index (χ4v) is 2.82. The third-order valence-corrected chi connectivity index (χ3v) is 4.09. The van der Waals surface area contributed by atoms with E-state index in [9.17, 15) is 4.79 Å². The Kier molecular flexibility index (Phi) is 6.80. The van der Waals surface area contributed by atoms with Crippen LogP contribution in [0.3, 0.4) is 0 Å². The van der Waals surface area contributed by atoms with Crippen LogP contribution in [0.25, 0.3) is 0 Å². The summed E-state index contributed by atoms with van der Waals surface area (Å²) >= 11 is 6.12. The van der Waals surface area contributed by atoms with E-state index in [2.05, 4.69) is 17.1 Å². The number of para-hydroxylation sites is 1. The van der Waals surface area contributed by atoms with Crippen LogP contribution in [-0.2, 0) is 4.79 Å². The number of halogens is 2. The van der Waals surface area contributed by atoms with E-state index in [1.807, 2.05) is 19.1 Å². The Morgan fingerprint density at radius 2 is 2.20 bits per heavy atom. The summed E-state index contributed by atoms with van der Waals surface area (Å²) in [6, 6.07) is 6.13. The van der Waals surface area contributed by atoms with Crippen molar-refractivity contribution in [3.8, 4) is 0 Å². The minimum absolute atomic E-state index is 0.